The lowest BCUT2D eigenvalue weighted by atomic mass is 10.1. The number of hydrogen-bond donors (Lipinski definition) is 2. The van der Waals surface area contributed by atoms with E-state index in [1.54, 1.807) is 31.2 Å². The van der Waals surface area contributed by atoms with Crippen LogP contribution < -0.4 is 10.6 Å². The van der Waals surface area contributed by atoms with Crippen LogP contribution in [0.1, 0.15) is 23.0 Å². The van der Waals surface area contributed by atoms with Crippen molar-refractivity contribution in [2.24, 2.45) is 0 Å². The Morgan fingerprint density at radius 2 is 1.72 bits per heavy atom. The molecule has 1 heterocycles. The second-order valence-corrected chi connectivity index (χ2v) is 6.05. The molecule has 0 radical (unpaired) electrons. The molecule has 0 aliphatic carbocycles. The molecule has 0 unspecified atom stereocenters. The summed E-state index contributed by atoms with van der Waals surface area (Å²) >= 11 is 5.90. The lowest BCUT2D eigenvalue weighted by Crippen LogP contribution is -2.03. The smallest absolute Gasteiger partial charge is 0.229 e. The van der Waals surface area contributed by atoms with Gasteiger partial charge in [-0.25, -0.2) is 4.98 Å². The highest BCUT2D eigenvalue weighted by Gasteiger charge is 2.05. The predicted molar refractivity (Wildman–Crippen MR) is 101 cm³/mol. The molecule has 0 aliphatic heterocycles. The van der Waals surface area contributed by atoms with E-state index in [2.05, 4.69) is 20.6 Å². The molecule has 2 aromatic carbocycles. The first kappa shape index (κ1) is 16.9. The first-order valence-electron chi connectivity index (χ1n) is 7.76. The Morgan fingerprint density at radius 1 is 0.960 bits per heavy atom. The molecule has 3 aromatic rings. The Balaban J connectivity index is 1.83. The maximum absolute atomic E-state index is 11.5. The third-order valence-electron chi connectivity index (χ3n) is 3.50. The molecule has 6 heteroatoms. The Hall–Kier alpha value is -2.92. The van der Waals surface area contributed by atoms with Crippen LogP contribution in [0.3, 0.4) is 0 Å². The normalized spacial score (nSPS) is 10.4. The average molecular weight is 353 g/mol. The maximum atomic E-state index is 11.5. The average Bonchev–Trinajstić information content (AvgIpc) is 2.57. The van der Waals surface area contributed by atoms with Crippen LogP contribution in [0.5, 0.6) is 0 Å². The second kappa shape index (κ2) is 7.32. The Morgan fingerprint density at radius 3 is 2.44 bits per heavy atom. The second-order valence-electron chi connectivity index (χ2n) is 5.61. The van der Waals surface area contributed by atoms with E-state index in [1.165, 1.54) is 0 Å². The molecule has 3 rings (SSSR count). The molecular formula is C19H17ClN4O. The summed E-state index contributed by atoms with van der Waals surface area (Å²) in [4.78, 5) is 20.4. The number of nitrogens with zero attached hydrogens (tertiary/aromatic N) is 2. The summed E-state index contributed by atoms with van der Waals surface area (Å²) < 4.78 is 0. The van der Waals surface area contributed by atoms with Gasteiger partial charge in [0.25, 0.3) is 0 Å². The molecule has 0 fully saturated rings. The molecule has 126 valence electrons. The molecule has 1 aromatic heterocycles. The van der Waals surface area contributed by atoms with Crippen molar-refractivity contribution in [3.05, 3.63) is 70.9 Å². The van der Waals surface area contributed by atoms with Gasteiger partial charge in [0.1, 0.15) is 5.82 Å². The predicted octanol–water partition coefficient (Wildman–Crippen LogP) is 5.13. The number of rotatable bonds is 5. The van der Waals surface area contributed by atoms with E-state index in [0.717, 1.165) is 17.1 Å². The van der Waals surface area contributed by atoms with Crippen LogP contribution in [0.15, 0.2) is 54.6 Å². The van der Waals surface area contributed by atoms with Crippen LogP contribution in [-0.4, -0.2) is 15.8 Å². The summed E-state index contributed by atoms with van der Waals surface area (Å²) in [6, 6.07) is 16.5. The van der Waals surface area contributed by atoms with E-state index in [1.807, 2.05) is 37.3 Å². The fourth-order valence-corrected chi connectivity index (χ4v) is 2.44. The summed E-state index contributed by atoms with van der Waals surface area (Å²) in [5, 5.41) is 7.03. The van der Waals surface area contributed by atoms with E-state index in [0.29, 0.717) is 22.4 Å². The number of nitrogens with one attached hydrogen (secondary N) is 2. The topological polar surface area (TPSA) is 66.9 Å². The van der Waals surface area contributed by atoms with Gasteiger partial charge < -0.3 is 10.6 Å². The van der Waals surface area contributed by atoms with Crippen molar-refractivity contribution in [3.8, 4) is 0 Å². The molecular weight excluding hydrogens is 336 g/mol. The number of aromatic nitrogens is 2. The zero-order chi connectivity index (χ0) is 17.8. The SMILES string of the molecule is CC(=O)c1cccc(Nc2cc(C)nc(Nc3ccc(Cl)cc3)n2)c1. The lowest BCUT2D eigenvalue weighted by Gasteiger charge is -2.10. The van der Waals surface area contributed by atoms with Gasteiger partial charge in [-0.1, -0.05) is 23.7 Å². The highest BCUT2D eigenvalue weighted by Crippen LogP contribution is 2.21. The Bertz CT molecular complexity index is 910. The van der Waals surface area contributed by atoms with Crippen molar-refractivity contribution in [1.29, 1.82) is 0 Å². The van der Waals surface area contributed by atoms with Gasteiger partial charge >= 0.3 is 0 Å². The molecule has 2 N–H and O–H groups in total. The minimum atomic E-state index is 0.0209. The van der Waals surface area contributed by atoms with Crippen molar-refractivity contribution in [1.82, 2.24) is 9.97 Å². The Kier molecular flexibility index (Phi) is 4.95. The quantitative estimate of drug-likeness (QED) is 0.623. The molecule has 0 amide bonds. The standard InChI is InChI=1S/C19H17ClN4O/c1-12-10-18(22-17-5-3-4-14(11-17)13(2)25)24-19(21-12)23-16-8-6-15(20)7-9-16/h3-11H,1-2H3,(H2,21,22,23,24). The lowest BCUT2D eigenvalue weighted by molar-refractivity contribution is 0.101. The van der Waals surface area contributed by atoms with Gasteiger partial charge in [0.05, 0.1) is 0 Å². The van der Waals surface area contributed by atoms with E-state index in [-0.39, 0.29) is 5.78 Å². The van der Waals surface area contributed by atoms with Crippen molar-refractivity contribution in [3.63, 3.8) is 0 Å². The Labute approximate surface area is 151 Å². The largest absolute Gasteiger partial charge is 0.340 e. The van der Waals surface area contributed by atoms with Gasteiger partial charge in [0.2, 0.25) is 5.95 Å². The number of carbonyl (C=O) groups excluding carboxylic acids is 1. The van der Waals surface area contributed by atoms with E-state index < -0.39 is 0 Å². The number of carbonyl (C=O) groups is 1. The number of ketones is 1. The summed E-state index contributed by atoms with van der Waals surface area (Å²) in [5.41, 5.74) is 3.11. The summed E-state index contributed by atoms with van der Waals surface area (Å²) in [6.45, 7) is 3.44. The monoisotopic (exact) mass is 352 g/mol. The fraction of sp³-hybridized carbons (Fsp3) is 0.105. The highest BCUT2D eigenvalue weighted by atomic mass is 35.5. The van der Waals surface area contributed by atoms with Crippen molar-refractivity contribution in [2.45, 2.75) is 13.8 Å². The van der Waals surface area contributed by atoms with Gasteiger partial charge in [-0.2, -0.15) is 4.98 Å². The van der Waals surface area contributed by atoms with Crippen LogP contribution in [0.25, 0.3) is 0 Å². The number of halogens is 1. The van der Waals surface area contributed by atoms with Crippen molar-refractivity contribution in [2.75, 3.05) is 10.6 Å². The molecule has 0 bridgehead atoms. The summed E-state index contributed by atoms with van der Waals surface area (Å²) in [6.07, 6.45) is 0. The van der Waals surface area contributed by atoms with Gasteiger partial charge in [-0.3, -0.25) is 4.79 Å². The molecule has 0 saturated heterocycles. The van der Waals surface area contributed by atoms with Crippen LogP contribution in [0.4, 0.5) is 23.1 Å². The minimum Gasteiger partial charge on any atom is -0.340 e. The molecule has 5 nitrogen and oxygen atoms in total. The van der Waals surface area contributed by atoms with Crippen LogP contribution in [-0.2, 0) is 0 Å². The number of benzene rings is 2. The van der Waals surface area contributed by atoms with E-state index >= 15 is 0 Å². The van der Waals surface area contributed by atoms with Gasteiger partial charge in [0, 0.05) is 33.7 Å². The van der Waals surface area contributed by atoms with Gasteiger partial charge in [0.15, 0.2) is 5.78 Å². The van der Waals surface area contributed by atoms with Crippen LogP contribution >= 0.6 is 11.6 Å². The molecule has 25 heavy (non-hydrogen) atoms. The molecule has 0 aliphatic rings. The molecule has 0 saturated carbocycles. The fourth-order valence-electron chi connectivity index (χ4n) is 2.31. The number of aryl methyl sites for hydroxylation is 1. The van der Waals surface area contributed by atoms with Crippen LogP contribution in [0.2, 0.25) is 5.02 Å². The molecule has 0 spiro atoms. The zero-order valence-corrected chi connectivity index (χ0v) is 14.6. The van der Waals surface area contributed by atoms with Gasteiger partial charge in [-0.05, 0) is 50.2 Å². The van der Waals surface area contributed by atoms with Crippen molar-refractivity contribution >= 4 is 40.5 Å². The number of anilines is 4. The number of hydrogen-bond acceptors (Lipinski definition) is 5. The third kappa shape index (κ3) is 4.55. The minimum absolute atomic E-state index is 0.0209. The van der Waals surface area contributed by atoms with E-state index in [9.17, 15) is 4.79 Å². The zero-order valence-electron chi connectivity index (χ0n) is 13.9. The maximum Gasteiger partial charge on any atom is 0.229 e. The van der Waals surface area contributed by atoms with Gasteiger partial charge in [-0.15, -0.1) is 0 Å². The number of Topliss-reactive ketones (excluding diaryl/α,β-unsaturated/α-hetero) is 1. The summed E-state index contributed by atoms with van der Waals surface area (Å²) in [5.74, 6) is 1.14. The van der Waals surface area contributed by atoms with E-state index in [4.69, 9.17) is 11.6 Å². The first-order valence-corrected chi connectivity index (χ1v) is 8.14. The highest BCUT2D eigenvalue weighted by molar-refractivity contribution is 6.30. The van der Waals surface area contributed by atoms with Crippen molar-refractivity contribution < 1.29 is 4.79 Å². The first-order chi connectivity index (χ1) is 12.0. The summed E-state index contributed by atoms with van der Waals surface area (Å²) in [7, 11) is 0. The third-order valence-corrected chi connectivity index (χ3v) is 3.75. The van der Waals surface area contributed by atoms with Crippen LogP contribution in [0, 0.1) is 6.92 Å². The molecule has 0 atom stereocenters.